The van der Waals surface area contributed by atoms with Gasteiger partial charge in [-0.15, -0.1) is 0 Å². The molecule has 2 aliphatic rings. The zero-order chi connectivity index (χ0) is 26.6. The third-order valence-corrected chi connectivity index (χ3v) is 8.91. The molecular formula is C30H34F3NO2S. The summed E-state index contributed by atoms with van der Waals surface area (Å²) in [4.78, 5) is 0. The van der Waals surface area contributed by atoms with Crippen LogP contribution in [0.15, 0.2) is 66.3 Å². The van der Waals surface area contributed by atoms with E-state index in [1.165, 1.54) is 18.4 Å². The number of hydrogen-bond donors (Lipinski definition) is 1. The molecule has 0 fully saturated rings. The van der Waals surface area contributed by atoms with Crippen molar-refractivity contribution >= 4 is 26.8 Å². The van der Waals surface area contributed by atoms with E-state index in [0.717, 1.165) is 64.9 Å². The Morgan fingerprint density at radius 2 is 1.81 bits per heavy atom. The van der Waals surface area contributed by atoms with Crippen LogP contribution >= 0.6 is 0 Å². The number of anilines is 2. The summed E-state index contributed by atoms with van der Waals surface area (Å²) in [6.07, 6.45) is 8.39. The Kier molecular flexibility index (Phi) is 8.32. The van der Waals surface area contributed by atoms with Crippen LogP contribution in [0.5, 0.6) is 0 Å². The van der Waals surface area contributed by atoms with E-state index in [0.29, 0.717) is 25.7 Å². The van der Waals surface area contributed by atoms with Crippen LogP contribution < -0.4 is 5.32 Å². The predicted molar refractivity (Wildman–Crippen MR) is 146 cm³/mol. The number of nitrogens with one attached hydrogen (secondary N) is 1. The van der Waals surface area contributed by atoms with Crippen LogP contribution in [0.4, 0.5) is 24.5 Å². The van der Waals surface area contributed by atoms with Gasteiger partial charge in [-0.05, 0) is 104 Å². The van der Waals surface area contributed by atoms with Gasteiger partial charge in [0.05, 0.1) is 10.8 Å². The molecule has 1 atom stereocenters. The van der Waals surface area contributed by atoms with E-state index >= 15 is 0 Å². The average molecular weight is 530 g/mol. The first-order chi connectivity index (χ1) is 17.5. The molecule has 1 N–H and O–H groups in total. The first-order valence-corrected chi connectivity index (χ1v) is 14.8. The maximum Gasteiger partial charge on any atom is 0.416 e. The van der Waals surface area contributed by atoms with E-state index in [-0.39, 0.29) is 5.25 Å². The van der Waals surface area contributed by atoms with Crippen LogP contribution in [0.25, 0.3) is 5.57 Å². The standard InChI is InChI=1S/C30H34F3NO2S/c1-21-15-18-25(20-28(21)22-9-4-3-5-11-24(17-16-22)30(31,32)33)34-29-14-8-10-23-19-26(37(2,35)36)12-6-7-13-27(23)29/h5,8,10-11,14-18,20,26,34H,3-4,6-7,9,12-13,19H2,1-2H3. The summed E-state index contributed by atoms with van der Waals surface area (Å²) in [6, 6.07) is 12.0. The van der Waals surface area contributed by atoms with Crippen molar-refractivity contribution in [3.63, 3.8) is 0 Å². The van der Waals surface area contributed by atoms with Gasteiger partial charge in [0.25, 0.3) is 0 Å². The maximum absolute atomic E-state index is 13.4. The number of alkyl halides is 3. The SMILES string of the molecule is Cc1ccc(Nc2cccc3c2CCCCC(S(C)(=O)=O)C3)cc1C1=CC=C(C(F)(F)F)C=CCCC1. The van der Waals surface area contributed by atoms with Gasteiger partial charge in [-0.1, -0.05) is 42.8 Å². The third kappa shape index (κ3) is 6.95. The van der Waals surface area contributed by atoms with Crippen LogP contribution in [0.1, 0.15) is 60.8 Å². The average Bonchev–Trinajstić information content (AvgIpc) is 2.92. The number of rotatable bonds is 4. The molecule has 2 aliphatic carbocycles. The minimum atomic E-state index is -4.39. The van der Waals surface area contributed by atoms with Crippen molar-refractivity contribution in [3.8, 4) is 0 Å². The Labute approximate surface area is 218 Å². The van der Waals surface area contributed by atoms with Crippen LogP contribution in [-0.4, -0.2) is 26.1 Å². The van der Waals surface area contributed by atoms with Crippen molar-refractivity contribution in [2.75, 3.05) is 11.6 Å². The Balaban J connectivity index is 1.67. The zero-order valence-electron chi connectivity index (χ0n) is 21.4. The lowest BCUT2D eigenvalue weighted by Gasteiger charge is -2.23. The highest BCUT2D eigenvalue weighted by Crippen LogP contribution is 2.34. The molecule has 0 heterocycles. The Bertz CT molecular complexity index is 1340. The van der Waals surface area contributed by atoms with Gasteiger partial charge in [-0.25, -0.2) is 8.42 Å². The highest BCUT2D eigenvalue weighted by Gasteiger charge is 2.31. The number of halogens is 3. The fourth-order valence-electron chi connectivity index (χ4n) is 5.19. The Hall–Kier alpha value is -2.80. The molecule has 1 unspecified atom stereocenters. The van der Waals surface area contributed by atoms with Gasteiger partial charge in [0.2, 0.25) is 0 Å². The summed E-state index contributed by atoms with van der Waals surface area (Å²) in [5.74, 6) is 0. The zero-order valence-corrected chi connectivity index (χ0v) is 22.2. The number of aryl methyl sites for hydroxylation is 1. The van der Waals surface area contributed by atoms with E-state index in [1.807, 2.05) is 43.3 Å². The molecule has 4 rings (SSSR count). The van der Waals surface area contributed by atoms with Crippen molar-refractivity contribution in [2.24, 2.45) is 0 Å². The number of hydrogen-bond acceptors (Lipinski definition) is 3. The quantitative estimate of drug-likeness (QED) is 0.436. The van der Waals surface area contributed by atoms with E-state index in [9.17, 15) is 21.6 Å². The maximum atomic E-state index is 13.4. The van der Waals surface area contributed by atoms with Crippen LogP contribution in [0, 0.1) is 6.92 Å². The fraction of sp³-hybridized carbons (Fsp3) is 0.400. The lowest BCUT2D eigenvalue weighted by atomic mass is 9.91. The van der Waals surface area contributed by atoms with Crippen LogP contribution in [0.2, 0.25) is 0 Å². The highest BCUT2D eigenvalue weighted by molar-refractivity contribution is 7.91. The molecule has 2 aromatic carbocycles. The van der Waals surface area contributed by atoms with Gasteiger partial charge in [0, 0.05) is 17.6 Å². The molecule has 7 heteroatoms. The Morgan fingerprint density at radius 1 is 1.00 bits per heavy atom. The van der Waals surface area contributed by atoms with Crippen molar-refractivity contribution < 1.29 is 21.6 Å². The van der Waals surface area contributed by atoms with Gasteiger partial charge < -0.3 is 5.32 Å². The molecule has 0 saturated carbocycles. The van der Waals surface area contributed by atoms with Crippen molar-refractivity contribution in [2.45, 2.75) is 69.7 Å². The second-order valence-electron chi connectivity index (χ2n) is 10.1. The monoisotopic (exact) mass is 529 g/mol. The molecule has 37 heavy (non-hydrogen) atoms. The third-order valence-electron chi connectivity index (χ3n) is 7.30. The van der Waals surface area contributed by atoms with E-state index in [4.69, 9.17) is 0 Å². The molecular weight excluding hydrogens is 495 g/mol. The lowest BCUT2D eigenvalue weighted by molar-refractivity contribution is -0.0881. The van der Waals surface area contributed by atoms with Crippen molar-refractivity contribution in [1.82, 2.24) is 0 Å². The summed E-state index contributed by atoms with van der Waals surface area (Å²) in [6.45, 7) is 1.97. The molecule has 0 aromatic heterocycles. The van der Waals surface area contributed by atoms with Crippen molar-refractivity contribution in [1.29, 1.82) is 0 Å². The lowest BCUT2D eigenvalue weighted by Crippen LogP contribution is -2.24. The smallest absolute Gasteiger partial charge is 0.355 e. The summed E-state index contributed by atoms with van der Waals surface area (Å²) >= 11 is 0. The largest absolute Gasteiger partial charge is 0.416 e. The molecule has 0 aliphatic heterocycles. The van der Waals surface area contributed by atoms with Crippen molar-refractivity contribution in [3.05, 3.63) is 88.5 Å². The van der Waals surface area contributed by atoms with Gasteiger partial charge in [-0.2, -0.15) is 13.2 Å². The normalized spacial score (nSPS) is 19.3. The van der Waals surface area contributed by atoms with Gasteiger partial charge in [-0.3, -0.25) is 0 Å². The number of sulfone groups is 1. The number of benzene rings is 2. The van der Waals surface area contributed by atoms with E-state index in [2.05, 4.69) is 5.32 Å². The van der Waals surface area contributed by atoms with Gasteiger partial charge in [0.1, 0.15) is 0 Å². The van der Waals surface area contributed by atoms with Crippen LogP contribution in [-0.2, 0) is 22.7 Å². The fourth-order valence-corrected chi connectivity index (χ4v) is 6.27. The summed E-state index contributed by atoms with van der Waals surface area (Å²) in [5, 5.41) is 3.16. The molecule has 0 spiro atoms. The Morgan fingerprint density at radius 3 is 2.57 bits per heavy atom. The van der Waals surface area contributed by atoms with Crippen LogP contribution in [0.3, 0.4) is 0 Å². The molecule has 0 amide bonds. The predicted octanol–water partition coefficient (Wildman–Crippen LogP) is 8.03. The van der Waals surface area contributed by atoms with E-state index < -0.39 is 21.6 Å². The summed E-state index contributed by atoms with van der Waals surface area (Å²) < 4.78 is 64.8. The molecule has 0 bridgehead atoms. The number of allylic oxidation sites excluding steroid dienone is 6. The molecule has 2 aromatic rings. The molecule has 3 nitrogen and oxygen atoms in total. The second kappa shape index (κ2) is 11.3. The second-order valence-corrected chi connectivity index (χ2v) is 12.4. The topological polar surface area (TPSA) is 46.2 Å². The van der Waals surface area contributed by atoms with Gasteiger partial charge >= 0.3 is 6.18 Å². The highest BCUT2D eigenvalue weighted by atomic mass is 32.2. The van der Waals surface area contributed by atoms with E-state index in [1.54, 1.807) is 12.2 Å². The van der Waals surface area contributed by atoms with Gasteiger partial charge in [0.15, 0.2) is 9.84 Å². The molecule has 0 saturated heterocycles. The molecule has 198 valence electrons. The number of fused-ring (bicyclic) bond motifs is 1. The summed E-state index contributed by atoms with van der Waals surface area (Å²) in [5.41, 5.74) is 6.18. The minimum absolute atomic E-state index is 0.368. The minimum Gasteiger partial charge on any atom is -0.355 e. The first kappa shape index (κ1) is 27.2. The summed E-state index contributed by atoms with van der Waals surface area (Å²) in [7, 11) is -3.13. The molecule has 0 radical (unpaired) electrons. The first-order valence-electron chi connectivity index (χ1n) is 12.8.